The van der Waals surface area contributed by atoms with Crippen LogP contribution in [-0.4, -0.2) is 18.7 Å². The van der Waals surface area contributed by atoms with E-state index in [9.17, 15) is 4.79 Å². The van der Waals surface area contributed by atoms with Gasteiger partial charge in [0.2, 0.25) is 0 Å². The van der Waals surface area contributed by atoms with Crippen molar-refractivity contribution in [3.8, 4) is 0 Å². The van der Waals surface area contributed by atoms with Gasteiger partial charge in [-0.25, -0.2) is 4.79 Å². The number of benzene rings is 1. The molecule has 1 atom stereocenters. The van der Waals surface area contributed by atoms with Crippen molar-refractivity contribution >= 4 is 6.09 Å². The van der Waals surface area contributed by atoms with Gasteiger partial charge in [0.15, 0.2) is 0 Å². The van der Waals surface area contributed by atoms with Gasteiger partial charge in [-0.2, -0.15) is 0 Å². The predicted molar refractivity (Wildman–Crippen MR) is 57.8 cm³/mol. The minimum Gasteiger partial charge on any atom is -0.444 e. The summed E-state index contributed by atoms with van der Waals surface area (Å²) in [7, 11) is 0. The molecule has 0 aliphatic carbocycles. The molecule has 0 spiro atoms. The number of ether oxygens (including phenoxy) is 1. The Bertz CT molecular complexity index is 345. The summed E-state index contributed by atoms with van der Waals surface area (Å²) in [5.74, 6) is 0. The Morgan fingerprint density at radius 1 is 1.33 bits per heavy atom. The highest BCUT2D eigenvalue weighted by atomic mass is 16.6. The highest BCUT2D eigenvalue weighted by Crippen LogP contribution is 2.11. The van der Waals surface area contributed by atoms with Gasteiger partial charge in [0.25, 0.3) is 0 Å². The molecule has 1 aromatic rings. The Balaban J connectivity index is 1.96. The zero-order valence-corrected chi connectivity index (χ0v) is 8.82. The lowest BCUT2D eigenvalue weighted by molar-refractivity contribution is 0.140. The van der Waals surface area contributed by atoms with E-state index in [0.717, 1.165) is 12.8 Å². The normalized spacial score (nSPS) is 19.8. The quantitative estimate of drug-likeness (QED) is 0.818. The molecule has 0 radical (unpaired) electrons. The van der Waals surface area contributed by atoms with Crippen LogP contribution in [0.3, 0.4) is 0 Å². The van der Waals surface area contributed by atoms with Crippen LogP contribution < -0.4 is 5.32 Å². The minimum atomic E-state index is -0.301. The summed E-state index contributed by atoms with van der Waals surface area (Å²) in [6, 6.07) is 8.45. The monoisotopic (exact) mass is 205 g/mol. The average Bonchev–Trinajstić information content (AvgIpc) is 2.65. The smallest absolute Gasteiger partial charge is 0.407 e. The van der Waals surface area contributed by atoms with Crippen LogP contribution >= 0.6 is 0 Å². The number of aryl methyl sites for hydroxylation is 1. The number of hydrogen-bond donors (Lipinski definition) is 1. The van der Waals surface area contributed by atoms with Crippen molar-refractivity contribution in [1.82, 2.24) is 5.32 Å². The average molecular weight is 205 g/mol. The highest BCUT2D eigenvalue weighted by molar-refractivity contribution is 5.69. The second kappa shape index (κ2) is 4.34. The Morgan fingerprint density at radius 2 is 2.00 bits per heavy atom. The predicted octanol–water partition coefficient (Wildman–Crippen LogP) is 1.90. The van der Waals surface area contributed by atoms with E-state index in [2.05, 4.69) is 36.5 Å². The number of rotatable bonds is 3. The second-order valence-corrected chi connectivity index (χ2v) is 3.78. The topological polar surface area (TPSA) is 38.3 Å². The minimum absolute atomic E-state index is 0.00928. The van der Waals surface area contributed by atoms with Gasteiger partial charge < -0.3 is 10.1 Å². The van der Waals surface area contributed by atoms with Crippen molar-refractivity contribution in [1.29, 1.82) is 0 Å². The third-order valence-corrected chi connectivity index (χ3v) is 2.64. The fourth-order valence-corrected chi connectivity index (χ4v) is 1.72. The highest BCUT2D eigenvalue weighted by Gasteiger charge is 2.22. The van der Waals surface area contributed by atoms with E-state index in [1.165, 1.54) is 11.1 Å². The zero-order valence-electron chi connectivity index (χ0n) is 8.82. The van der Waals surface area contributed by atoms with Crippen LogP contribution in [0.2, 0.25) is 0 Å². The molecule has 1 aliphatic rings. The first-order valence-corrected chi connectivity index (χ1v) is 5.30. The molecule has 0 saturated carbocycles. The standard InChI is InChI=1S/C12H15NO2/c1-2-9-3-5-10(6-4-9)7-11-8-13-12(14)15-11/h3-6,11H,2,7-8H2,1H3,(H,13,14). The molecule has 3 heteroatoms. The maximum atomic E-state index is 10.8. The fraction of sp³-hybridized carbons (Fsp3) is 0.417. The molecule has 80 valence electrons. The maximum Gasteiger partial charge on any atom is 0.407 e. The van der Waals surface area contributed by atoms with E-state index in [1.807, 2.05) is 0 Å². The number of alkyl carbamates (subject to hydrolysis) is 1. The molecule has 1 saturated heterocycles. The molecule has 15 heavy (non-hydrogen) atoms. The Kier molecular flexibility index (Phi) is 2.90. The number of cyclic esters (lactones) is 1. The van der Waals surface area contributed by atoms with Crippen LogP contribution in [0.15, 0.2) is 24.3 Å². The number of nitrogens with one attached hydrogen (secondary N) is 1. The Morgan fingerprint density at radius 3 is 2.53 bits per heavy atom. The van der Waals surface area contributed by atoms with E-state index in [0.29, 0.717) is 6.54 Å². The van der Waals surface area contributed by atoms with Crippen molar-refractivity contribution in [3.05, 3.63) is 35.4 Å². The Hall–Kier alpha value is -1.51. The SMILES string of the molecule is CCc1ccc(CC2CNC(=O)O2)cc1. The van der Waals surface area contributed by atoms with Crippen LogP contribution in [0.25, 0.3) is 0 Å². The molecule has 0 bridgehead atoms. The summed E-state index contributed by atoms with van der Waals surface area (Å²) in [6.45, 7) is 2.76. The molecule has 1 heterocycles. The van der Waals surface area contributed by atoms with E-state index >= 15 is 0 Å². The van der Waals surface area contributed by atoms with Crippen molar-refractivity contribution in [2.24, 2.45) is 0 Å². The number of carbonyl (C=O) groups is 1. The van der Waals surface area contributed by atoms with Gasteiger partial charge in [-0.05, 0) is 17.5 Å². The van der Waals surface area contributed by atoms with Gasteiger partial charge in [0.05, 0.1) is 6.54 Å². The van der Waals surface area contributed by atoms with Crippen LogP contribution in [-0.2, 0) is 17.6 Å². The van der Waals surface area contributed by atoms with E-state index in [-0.39, 0.29) is 12.2 Å². The van der Waals surface area contributed by atoms with Crippen LogP contribution in [0, 0.1) is 0 Å². The van der Waals surface area contributed by atoms with Crippen molar-refractivity contribution < 1.29 is 9.53 Å². The molecule has 3 nitrogen and oxygen atoms in total. The third-order valence-electron chi connectivity index (χ3n) is 2.64. The lowest BCUT2D eigenvalue weighted by Gasteiger charge is -2.07. The number of amides is 1. The largest absolute Gasteiger partial charge is 0.444 e. The number of hydrogen-bond acceptors (Lipinski definition) is 2. The first-order valence-electron chi connectivity index (χ1n) is 5.30. The van der Waals surface area contributed by atoms with E-state index < -0.39 is 0 Å². The third kappa shape index (κ3) is 2.49. The second-order valence-electron chi connectivity index (χ2n) is 3.78. The molecule has 0 aromatic heterocycles. The molecule has 1 fully saturated rings. The lowest BCUT2D eigenvalue weighted by atomic mass is 10.1. The summed E-state index contributed by atoms with van der Waals surface area (Å²) in [5.41, 5.74) is 2.55. The van der Waals surface area contributed by atoms with Crippen LogP contribution in [0.5, 0.6) is 0 Å². The Labute approximate surface area is 89.4 Å². The first kappa shape index (κ1) is 10.0. The van der Waals surface area contributed by atoms with E-state index in [1.54, 1.807) is 0 Å². The molecule has 1 aromatic carbocycles. The summed E-state index contributed by atoms with van der Waals surface area (Å²) in [6.07, 6.45) is 1.54. The van der Waals surface area contributed by atoms with Gasteiger partial charge >= 0.3 is 6.09 Å². The summed E-state index contributed by atoms with van der Waals surface area (Å²) in [5, 5.41) is 2.65. The molecule has 1 aliphatic heterocycles. The lowest BCUT2D eigenvalue weighted by Crippen LogP contribution is -2.16. The van der Waals surface area contributed by atoms with Crippen LogP contribution in [0.1, 0.15) is 18.1 Å². The van der Waals surface area contributed by atoms with E-state index in [4.69, 9.17) is 4.74 Å². The van der Waals surface area contributed by atoms with Gasteiger partial charge in [0.1, 0.15) is 6.10 Å². The van der Waals surface area contributed by atoms with Gasteiger partial charge in [-0.1, -0.05) is 31.2 Å². The first-order chi connectivity index (χ1) is 7.28. The van der Waals surface area contributed by atoms with Gasteiger partial charge in [0, 0.05) is 6.42 Å². The van der Waals surface area contributed by atoms with Crippen molar-refractivity contribution in [2.75, 3.05) is 6.54 Å². The molecular weight excluding hydrogens is 190 g/mol. The van der Waals surface area contributed by atoms with Crippen molar-refractivity contribution in [2.45, 2.75) is 25.9 Å². The van der Waals surface area contributed by atoms with Gasteiger partial charge in [-0.3, -0.25) is 0 Å². The zero-order chi connectivity index (χ0) is 10.7. The molecule has 2 rings (SSSR count). The molecule has 1 amide bonds. The number of carbonyl (C=O) groups excluding carboxylic acids is 1. The summed E-state index contributed by atoms with van der Waals surface area (Å²) in [4.78, 5) is 10.8. The molecule has 1 N–H and O–H groups in total. The summed E-state index contributed by atoms with van der Waals surface area (Å²) >= 11 is 0. The maximum absolute atomic E-state index is 10.8. The molecular formula is C12H15NO2. The van der Waals surface area contributed by atoms with Crippen molar-refractivity contribution in [3.63, 3.8) is 0 Å². The molecule has 1 unspecified atom stereocenters. The summed E-state index contributed by atoms with van der Waals surface area (Å²) < 4.78 is 5.07. The van der Waals surface area contributed by atoms with Crippen LogP contribution in [0.4, 0.5) is 4.79 Å². The van der Waals surface area contributed by atoms with Gasteiger partial charge in [-0.15, -0.1) is 0 Å². The fourth-order valence-electron chi connectivity index (χ4n) is 1.72.